The molecule has 0 aliphatic heterocycles. The van der Waals surface area contributed by atoms with Crippen LogP contribution in [0.3, 0.4) is 0 Å². The summed E-state index contributed by atoms with van der Waals surface area (Å²) < 4.78 is 68.0. The molecule has 0 aliphatic carbocycles. The maximum absolute atomic E-state index is 13.0. The Kier molecular flexibility index (Phi) is 55.0. The standard InChI is InChI=1S/C65H126O17P2/c1-8-10-11-12-13-14-18-25-34-41-48-64(69)82-61(53-76-63(68)47-40-33-28-27-30-37-44-57(5)6)55-80-84(73,74)78-51-59(66)50-77-83(71,72)79-54-60(52-75-62(67)46-39-32-24-21-20-22-29-36-43-56(3)4)81-65(70)49-42-35-26-19-16-15-17-23-31-38-45-58(7)9-2/h56-61,66H,8-55H2,1-7H3,(H,71,72)(H,73,74)/t58?,59-,60-,61-/m1/s1. The number of carbonyl (C=O) groups excluding carboxylic acids is 4. The van der Waals surface area contributed by atoms with Gasteiger partial charge in [-0.15, -0.1) is 0 Å². The van der Waals surface area contributed by atoms with Crippen LogP contribution in [0.1, 0.15) is 318 Å². The van der Waals surface area contributed by atoms with Gasteiger partial charge in [-0.25, -0.2) is 9.13 Å². The van der Waals surface area contributed by atoms with Gasteiger partial charge in [-0.2, -0.15) is 0 Å². The van der Waals surface area contributed by atoms with Crippen molar-refractivity contribution < 1.29 is 80.2 Å². The minimum atomic E-state index is -4.95. The van der Waals surface area contributed by atoms with Crippen molar-refractivity contribution in [1.82, 2.24) is 0 Å². The second-order valence-corrected chi connectivity index (χ2v) is 27.6. The molecule has 0 aromatic carbocycles. The van der Waals surface area contributed by atoms with E-state index in [0.717, 1.165) is 108 Å². The number of unbranched alkanes of at least 4 members (excludes halogenated alkanes) is 30. The normalized spacial score (nSPS) is 14.7. The van der Waals surface area contributed by atoms with Gasteiger partial charge >= 0.3 is 39.5 Å². The SMILES string of the molecule is CCCCCCCCCCCCC(=O)O[C@H](COC(=O)CCCCCCCCC(C)C)COP(=O)(O)OC[C@H](O)COP(=O)(O)OC[C@@H](COC(=O)CCCCCCCCCCC(C)C)OC(=O)CCCCCCCCCCCCC(C)CC. The fourth-order valence-corrected chi connectivity index (χ4v) is 11.2. The predicted octanol–water partition coefficient (Wildman–Crippen LogP) is 17.9. The van der Waals surface area contributed by atoms with Crippen LogP contribution < -0.4 is 0 Å². The van der Waals surface area contributed by atoms with Crippen LogP contribution in [-0.4, -0.2) is 96.7 Å². The summed E-state index contributed by atoms with van der Waals surface area (Å²) in [6, 6.07) is 0. The van der Waals surface area contributed by atoms with Crippen molar-refractivity contribution in [1.29, 1.82) is 0 Å². The van der Waals surface area contributed by atoms with Crippen molar-refractivity contribution in [3.05, 3.63) is 0 Å². The fourth-order valence-electron chi connectivity index (χ4n) is 9.62. The summed E-state index contributed by atoms with van der Waals surface area (Å²) in [6.07, 6.45) is 37.6. The Morgan fingerprint density at radius 1 is 0.345 bits per heavy atom. The molecule has 498 valence electrons. The molecule has 3 unspecified atom stereocenters. The Hall–Kier alpha value is -1.94. The Morgan fingerprint density at radius 2 is 0.607 bits per heavy atom. The monoisotopic (exact) mass is 1240 g/mol. The molecule has 0 bridgehead atoms. The van der Waals surface area contributed by atoms with Crippen LogP contribution in [0.5, 0.6) is 0 Å². The molecule has 19 heteroatoms. The van der Waals surface area contributed by atoms with Crippen LogP contribution in [0, 0.1) is 17.8 Å². The molecule has 0 aliphatic rings. The molecular formula is C65H126O17P2. The first-order valence-corrected chi connectivity index (χ1v) is 36.9. The fraction of sp³-hybridized carbons (Fsp3) is 0.938. The van der Waals surface area contributed by atoms with E-state index in [2.05, 4.69) is 48.5 Å². The summed E-state index contributed by atoms with van der Waals surface area (Å²) in [5, 5.41) is 10.5. The van der Waals surface area contributed by atoms with Crippen LogP contribution in [0.25, 0.3) is 0 Å². The van der Waals surface area contributed by atoms with E-state index in [1.807, 2.05) is 0 Å². The van der Waals surface area contributed by atoms with Gasteiger partial charge in [0.2, 0.25) is 0 Å². The van der Waals surface area contributed by atoms with Crippen LogP contribution >= 0.6 is 15.6 Å². The molecule has 0 aromatic rings. The number of rotatable bonds is 63. The topological polar surface area (TPSA) is 237 Å². The van der Waals surface area contributed by atoms with E-state index in [1.165, 1.54) is 122 Å². The summed E-state index contributed by atoms with van der Waals surface area (Å²) in [6.45, 7) is 11.7. The highest BCUT2D eigenvalue weighted by Crippen LogP contribution is 2.45. The zero-order valence-corrected chi connectivity index (χ0v) is 56.1. The third-order valence-electron chi connectivity index (χ3n) is 15.2. The van der Waals surface area contributed by atoms with E-state index >= 15 is 0 Å². The first-order valence-electron chi connectivity index (χ1n) is 33.9. The Bertz CT molecular complexity index is 1670. The molecule has 3 N–H and O–H groups in total. The second kappa shape index (κ2) is 56.3. The number of carbonyl (C=O) groups is 4. The number of phosphoric ester groups is 2. The predicted molar refractivity (Wildman–Crippen MR) is 335 cm³/mol. The summed E-state index contributed by atoms with van der Waals surface area (Å²) in [4.78, 5) is 72.2. The lowest BCUT2D eigenvalue weighted by molar-refractivity contribution is -0.161. The highest BCUT2D eigenvalue weighted by molar-refractivity contribution is 7.47. The number of aliphatic hydroxyl groups excluding tert-OH is 1. The van der Waals surface area contributed by atoms with E-state index in [4.69, 9.17) is 37.0 Å². The van der Waals surface area contributed by atoms with Gasteiger partial charge in [0.05, 0.1) is 26.4 Å². The van der Waals surface area contributed by atoms with E-state index in [1.54, 1.807) is 0 Å². The number of esters is 4. The second-order valence-electron chi connectivity index (χ2n) is 24.7. The zero-order chi connectivity index (χ0) is 62.4. The molecule has 0 rings (SSSR count). The smallest absolute Gasteiger partial charge is 0.462 e. The van der Waals surface area contributed by atoms with Crippen LogP contribution in [0.4, 0.5) is 0 Å². The zero-order valence-electron chi connectivity index (χ0n) is 54.4. The third-order valence-corrected chi connectivity index (χ3v) is 17.1. The van der Waals surface area contributed by atoms with Gasteiger partial charge in [0.15, 0.2) is 12.2 Å². The van der Waals surface area contributed by atoms with Gasteiger partial charge in [-0.3, -0.25) is 37.3 Å². The van der Waals surface area contributed by atoms with Gasteiger partial charge in [0, 0.05) is 25.7 Å². The van der Waals surface area contributed by atoms with Crippen molar-refractivity contribution in [3.63, 3.8) is 0 Å². The molecule has 0 aromatic heterocycles. The number of aliphatic hydroxyl groups is 1. The minimum absolute atomic E-state index is 0.105. The van der Waals surface area contributed by atoms with Crippen molar-refractivity contribution in [2.75, 3.05) is 39.6 Å². The summed E-state index contributed by atoms with van der Waals surface area (Å²) in [5.74, 6) is 0.0730. The Labute approximate surface area is 511 Å². The molecule has 0 fully saturated rings. The van der Waals surface area contributed by atoms with Crippen molar-refractivity contribution in [2.45, 2.75) is 336 Å². The molecular weight excluding hydrogens is 1110 g/mol. The highest BCUT2D eigenvalue weighted by Gasteiger charge is 2.30. The molecule has 0 saturated carbocycles. The van der Waals surface area contributed by atoms with E-state index in [0.29, 0.717) is 31.6 Å². The van der Waals surface area contributed by atoms with Gasteiger partial charge in [-0.1, -0.05) is 267 Å². The summed E-state index contributed by atoms with van der Waals surface area (Å²) in [5.41, 5.74) is 0. The third kappa shape index (κ3) is 57.8. The van der Waals surface area contributed by atoms with E-state index in [9.17, 15) is 43.2 Å². The lowest BCUT2D eigenvalue weighted by atomic mass is 9.99. The van der Waals surface area contributed by atoms with Crippen LogP contribution in [0.2, 0.25) is 0 Å². The first-order chi connectivity index (χ1) is 40.3. The largest absolute Gasteiger partial charge is 0.472 e. The van der Waals surface area contributed by atoms with Crippen molar-refractivity contribution >= 4 is 39.5 Å². The van der Waals surface area contributed by atoms with Gasteiger partial charge in [0.1, 0.15) is 19.3 Å². The molecule has 0 heterocycles. The molecule has 0 radical (unpaired) electrons. The number of ether oxygens (including phenoxy) is 4. The average Bonchev–Trinajstić information content (AvgIpc) is 3.48. The highest BCUT2D eigenvalue weighted by atomic mass is 31.2. The lowest BCUT2D eigenvalue weighted by Crippen LogP contribution is -2.30. The minimum Gasteiger partial charge on any atom is -0.462 e. The maximum atomic E-state index is 13.0. The Morgan fingerprint density at radius 3 is 0.905 bits per heavy atom. The Balaban J connectivity index is 5.25. The molecule has 84 heavy (non-hydrogen) atoms. The molecule has 6 atom stereocenters. The van der Waals surface area contributed by atoms with Crippen LogP contribution in [0.15, 0.2) is 0 Å². The number of hydrogen-bond acceptors (Lipinski definition) is 15. The number of hydrogen-bond donors (Lipinski definition) is 3. The molecule has 0 saturated heterocycles. The molecule has 0 amide bonds. The molecule has 0 spiro atoms. The number of phosphoric acid groups is 2. The van der Waals surface area contributed by atoms with Gasteiger partial charge in [-0.05, 0) is 43.4 Å². The average molecular weight is 1240 g/mol. The van der Waals surface area contributed by atoms with E-state index in [-0.39, 0.29) is 25.7 Å². The van der Waals surface area contributed by atoms with Gasteiger partial charge in [0.25, 0.3) is 0 Å². The van der Waals surface area contributed by atoms with Crippen molar-refractivity contribution in [3.8, 4) is 0 Å². The first kappa shape index (κ1) is 82.1. The lowest BCUT2D eigenvalue weighted by Gasteiger charge is -2.21. The summed E-state index contributed by atoms with van der Waals surface area (Å²) >= 11 is 0. The van der Waals surface area contributed by atoms with E-state index < -0.39 is 97.5 Å². The van der Waals surface area contributed by atoms with Crippen molar-refractivity contribution in [2.24, 2.45) is 17.8 Å². The maximum Gasteiger partial charge on any atom is 0.472 e. The quantitative estimate of drug-likeness (QED) is 0.0222. The van der Waals surface area contributed by atoms with Crippen LogP contribution in [-0.2, 0) is 65.4 Å². The van der Waals surface area contributed by atoms with Gasteiger partial charge < -0.3 is 33.8 Å². The summed E-state index contributed by atoms with van der Waals surface area (Å²) in [7, 11) is -9.89. The molecule has 17 nitrogen and oxygen atoms in total.